The maximum absolute atomic E-state index is 9.79. The van der Waals surface area contributed by atoms with E-state index in [2.05, 4.69) is 5.32 Å². The molecule has 0 heterocycles. The van der Waals surface area contributed by atoms with Crippen molar-refractivity contribution in [2.45, 2.75) is 13.1 Å². The third-order valence-electron chi connectivity index (χ3n) is 2.69. The summed E-state index contributed by atoms with van der Waals surface area (Å²) in [7, 11) is 0. The lowest BCUT2D eigenvalue weighted by Gasteiger charge is -2.09. The minimum Gasteiger partial charge on any atom is -0.508 e. The third kappa shape index (κ3) is 3.77. The second-order valence-corrected chi connectivity index (χ2v) is 5.01. The summed E-state index contributed by atoms with van der Waals surface area (Å²) < 4.78 is 0. The van der Waals surface area contributed by atoms with E-state index in [-0.39, 0.29) is 16.5 Å². The van der Waals surface area contributed by atoms with E-state index in [0.717, 1.165) is 5.56 Å². The molecule has 0 aliphatic carbocycles. The normalized spacial score (nSPS) is 10.6. The fourth-order valence-electron chi connectivity index (χ4n) is 1.71. The minimum absolute atomic E-state index is 0.0456. The molecule has 0 amide bonds. The van der Waals surface area contributed by atoms with Crippen molar-refractivity contribution in [2.75, 3.05) is 0 Å². The maximum atomic E-state index is 9.79. The smallest absolute Gasteiger partial charge is 0.138 e. The standard InChI is InChI=1S/C14H13Cl2NO2/c15-11-5-10(14(19)13(16)6-11)8-17-7-9-1-3-12(18)4-2-9/h1-6,17-19H,7-8H2. The summed E-state index contributed by atoms with van der Waals surface area (Å²) in [6.07, 6.45) is 0. The Balaban J connectivity index is 1.98. The van der Waals surface area contributed by atoms with Crippen LogP contribution in [0.4, 0.5) is 0 Å². The van der Waals surface area contributed by atoms with E-state index in [1.807, 2.05) is 12.1 Å². The van der Waals surface area contributed by atoms with Crippen molar-refractivity contribution in [3.8, 4) is 11.5 Å². The molecule has 0 radical (unpaired) electrons. The quantitative estimate of drug-likeness (QED) is 0.807. The minimum atomic E-state index is 0.0456. The Morgan fingerprint density at radius 2 is 1.63 bits per heavy atom. The zero-order valence-electron chi connectivity index (χ0n) is 10.0. The van der Waals surface area contributed by atoms with E-state index >= 15 is 0 Å². The number of nitrogens with one attached hydrogen (secondary N) is 1. The largest absolute Gasteiger partial charge is 0.508 e. The van der Waals surface area contributed by atoms with Gasteiger partial charge in [-0.25, -0.2) is 0 Å². The van der Waals surface area contributed by atoms with Crippen LogP contribution in [-0.4, -0.2) is 10.2 Å². The van der Waals surface area contributed by atoms with Gasteiger partial charge in [-0.05, 0) is 29.8 Å². The van der Waals surface area contributed by atoms with Crippen LogP contribution in [0.25, 0.3) is 0 Å². The van der Waals surface area contributed by atoms with Crippen molar-refractivity contribution < 1.29 is 10.2 Å². The van der Waals surface area contributed by atoms with E-state index < -0.39 is 0 Å². The van der Waals surface area contributed by atoms with Crippen LogP contribution in [-0.2, 0) is 13.1 Å². The molecule has 0 saturated heterocycles. The van der Waals surface area contributed by atoms with Gasteiger partial charge in [-0.1, -0.05) is 35.3 Å². The Morgan fingerprint density at radius 3 is 2.32 bits per heavy atom. The van der Waals surface area contributed by atoms with Crippen LogP contribution in [0.1, 0.15) is 11.1 Å². The number of aromatic hydroxyl groups is 2. The molecule has 5 heteroatoms. The number of rotatable bonds is 4. The van der Waals surface area contributed by atoms with Gasteiger partial charge < -0.3 is 15.5 Å². The highest BCUT2D eigenvalue weighted by molar-refractivity contribution is 6.35. The first-order chi connectivity index (χ1) is 9.06. The van der Waals surface area contributed by atoms with Crippen molar-refractivity contribution >= 4 is 23.2 Å². The van der Waals surface area contributed by atoms with Crippen molar-refractivity contribution in [1.29, 1.82) is 0 Å². The van der Waals surface area contributed by atoms with Gasteiger partial charge in [0, 0.05) is 23.7 Å². The molecular formula is C14H13Cl2NO2. The summed E-state index contributed by atoms with van der Waals surface area (Å²) in [6.45, 7) is 1.07. The number of phenolic OH excluding ortho intramolecular Hbond substituents is 2. The van der Waals surface area contributed by atoms with Gasteiger partial charge in [0.1, 0.15) is 11.5 Å². The predicted octanol–water partition coefficient (Wildman–Crippen LogP) is 3.69. The van der Waals surface area contributed by atoms with E-state index in [1.54, 1.807) is 18.2 Å². The lowest BCUT2D eigenvalue weighted by molar-refractivity contribution is 0.464. The molecule has 0 aliphatic rings. The van der Waals surface area contributed by atoms with E-state index in [9.17, 15) is 10.2 Å². The van der Waals surface area contributed by atoms with Gasteiger partial charge in [0.25, 0.3) is 0 Å². The molecule has 0 atom stereocenters. The van der Waals surface area contributed by atoms with Gasteiger partial charge in [-0.15, -0.1) is 0 Å². The molecule has 0 aromatic heterocycles. The zero-order chi connectivity index (χ0) is 13.8. The number of benzene rings is 2. The molecular weight excluding hydrogens is 285 g/mol. The highest BCUT2D eigenvalue weighted by Gasteiger charge is 2.07. The highest BCUT2D eigenvalue weighted by Crippen LogP contribution is 2.31. The Hall–Kier alpha value is -1.42. The van der Waals surface area contributed by atoms with Crippen LogP contribution < -0.4 is 5.32 Å². The van der Waals surface area contributed by atoms with Gasteiger partial charge in [-0.2, -0.15) is 0 Å². The molecule has 0 fully saturated rings. The molecule has 0 spiro atoms. The van der Waals surface area contributed by atoms with Gasteiger partial charge in [-0.3, -0.25) is 0 Å². The second kappa shape index (κ2) is 6.15. The first-order valence-electron chi connectivity index (χ1n) is 5.72. The molecule has 2 rings (SSSR count). The van der Waals surface area contributed by atoms with Crippen LogP contribution >= 0.6 is 23.2 Å². The van der Waals surface area contributed by atoms with E-state index in [1.165, 1.54) is 6.07 Å². The topological polar surface area (TPSA) is 52.5 Å². The van der Waals surface area contributed by atoms with Crippen LogP contribution in [0.5, 0.6) is 11.5 Å². The monoisotopic (exact) mass is 297 g/mol. The molecule has 0 unspecified atom stereocenters. The Morgan fingerprint density at radius 1 is 0.947 bits per heavy atom. The first-order valence-corrected chi connectivity index (χ1v) is 6.47. The Labute approximate surface area is 121 Å². The van der Waals surface area contributed by atoms with Crippen LogP contribution in [0.2, 0.25) is 10.0 Å². The van der Waals surface area contributed by atoms with E-state index in [4.69, 9.17) is 23.2 Å². The Bertz CT molecular complexity index is 570. The number of halogens is 2. The highest BCUT2D eigenvalue weighted by atomic mass is 35.5. The van der Waals surface area contributed by atoms with Crippen LogP contribution in [0.15, 0.2) is 36.4 Å². The number of hydrogen-bond acceptors (Lipinski definition) is 3. The van der Waals surface area contributed by atoms with Gasteiger partial charge in [0.15, 0.2) is 0 Å². The summed E-state index contributed by atoms with van der Waals surface area (Å²) in [6, 6.07) is 10.1. The fraction of sp³-hybridized carbons (Fsp3) is 0.143. The average molecular weight is 298 g/mol. The predicted molar refractivity (Wildman–Crippen MR) is 76.8 cm³/mol. The summed E-state index contributed by atoms with van der Waals surface area (Å²) in [5, 5.41) is 22.9. The second-order valence-electron chi connectivity index (χ2n) is 4.17. The fourth-order valence-corrected chi connectivity index (χ4v) is 2.24. The summed E-state index contributed by atoms with van der Waals surface area (Å²) in [5.41, 5.74) is 1.68. The summed E-state index contributed by atoms with van der Waals surface area (Å²) in [4.78, 5) is 0. The molecule has 2 aromatic rings. The molecule has 0 bridgehead atoms. The average Bonchev–Trinajstić information content (AvgIpc) is 2.37. The zero-order valence-corrected chi connectivity index (χ0v) is 11.5. The molecule has 2 aromatic carbocycles. The molecule has 0 saturated carbocycles. The van der Waals surface area contributed by atoms with Crippen LogP contribution in [0, 0.1) is 0 Å². The molecule has 3 N–H and O–H groups in total. The van der Waals surface area contributed by atoms with Crippen molar-refractivity contribution in [1.82, 2.24) is 5.32 Å². The van der Waals surface area contributed by atoms with Gasteiger partial charge in [0.05, 0.1) is 5.02 Å². The summed E-state index contributed by atoms with van der Waals surface area (Å²) >= 11 is 11.7. The SMILES string of the molecule is Oc1ccc(CNCc2cc(Cl)cc(Cl)c2O)cc1. The van der Waals surface area contributed by atoms with Crippen LogP contribution in [0.3, 0.4) is 0 Å². The lowest BCUT2D eigenvalue weighted by atomic mass is 10.2. The van der Waals surface area contributed by atoms with Gasteiger partial charge >= 0.3 is 0 Å². The lowest BCUT2D eigenvalue weighted by Crippen LogP contribution is -2.12. The van der Waals surface area contributed by atoms with Crippen molar-refractivity contribution in [3.05, 3.63) is 57.6 Å². The molecule has 19 heavy (non-hydrogen) atoms. The van der Waals surface area contributed by atoms with E-state index in [0.29, 0.717) is 23.7 Å². The maximum Gasteiger partial charge on any atom is 0.138 e. The third-order valence-corrected chi connectivity index (χ3v) is 3.19. The molecule has 0 aliphatic heterocycles. The Kier molecular flexibility index (Phi) is 4.53. The van der Waals surface area contributed by atoms with Crippen molar-refractivity contribution in [2.24, 2.45) is 0 Å². The molecule has 3 nitrogen and oxygen atoms in total. The number of phenols is 2. The van der Waals surface area contributed by atoms with Gasteiger partial charge in [0.2, 0.25) is 0 Å². The first kappa shape index (κ1) is 14.0. The summed E-state index contributed by atoms with van der Waals surface area (Å²) in [5.74, 6) is 0.285. The number of hydrogen-bond donors (Lipinski definition) is 3. The molecule has 100 valence electrons. The van der Waals surface area contributed by atoms with Crippen molar-refractivity contribution in [3.63, 3.8) is 0 Å².